The molecule has 0 rings (SSSR count). The number of rotatable bonds is 0. The van der Waals surface area contributed by atoms with Crippen LogP contribution in [0.1, 0.15) is 0 Å². The minimum atomic E-state index is -1.50. The molecule has 0 atom stereocenters. The Morgan fingerprint density at radius 3 is 1.00 bits per heavy atom. The first kappa shape index (κ1) is 22.8. The molecule has 0 aliphatic rings. The Labute approximate surface area is 80.5 Å². The maximum atomic E-state index is 8.57. The Morgan fingerprint density at radius 1 is 1.00 bits per heavy atom. The predicted octanol–water partition coefficient (Wildman–Crippen LogP) is -2.12. The quantitative estimate of drug-likeness (QED) is 0.467. The van der Waals surface area contributed by atoms with Crippen LogP contribution in [0, 0.1) is 0 Å². The Hall–Kier alpha value is 1.30. The zero-order valence-electron chi connectivity index (χ0n) is 3.61. The fourth-order valence-electron chi connectivity index (χ4n) is 0. The van der Waals surface area contributed by atoms with E-state index in [-0.39, 0.29) is 34.1 Å². The van der Waals surface area contributed by atoms with Gasteiger partial charge in [0.25, 0.3) is 0 Å². The van der Waals surface area contributed by atoms with Crippen LogP contribution in [0.15, 0.2) is 0 Å². The first-order valence-electron chi connectivity index (χ1n) is 0.988. The second kappa shape index (κ2) is 40.6. The van der Waals surface area contributed by atoms with Crippen LogP contribution < -0.4 is 0 Å². The second-order valence-corrected chi connectivity index (χ2v) is 0.632. The SMILES string of the molecule is [Co].[Cr].[O]=[Al][OH].[O]=[Al][OH]. The molecule has 0 saturated heterocycles. The second-order valence-electron chi connectivity index (χ2n) is 0.211. The fraction of sp³-hybridized carbons (Fsp3) is 0. The first-order chi connectivity index (χ1) is 2.83. The summed E-state index contributed by atoms with van der Waals surface area (Å²) in [6.45, 7) is 0. The van der Waals surface area contributed by atoms with E-state index in [1.807, 2.05) is 0 Å². The molecule has 0 heterocycles. The Kier molecular flexibility index (Phi) is 116. The molecule has 0 aromatic carbocycles. The van der Waals surface area contributed by atoms with Crippen LogP contribution in [0.25, 0.3) is 0 Å². The van der Waals surface area contributed by atoms with Crippen molar-refractivity contribution in [3.63, 3.8) is 0 Å². The average Bonchev–Trinajstić information content (AvgIpc) is 1.39. The van der Waals surface area contributed by atoms with Gasteiger partial charge >= 0.3 is 46.9 Å². The summed E-state index contributed by atoms with van der Waals surface area (Å²) >= 11 is -3.00. The third-order valence-electron chi connectivity index (χ3n) is 0. The van der Waals surface area contributed by atoms with E-state index in [0.29, 0.717) is 0 Å². The molecular formula is H2Al2CoCrO4. The summed E-state index contributed by atoms with van der Waals surface area (Å²) in [4.78, 5) is 0. The third kappa shape index (κ3) is 171. The van der Waals surface area contributed by atoms with Crippen molar-refractivity contribution in [1.29, 1.82) is 0 Å². The average molecular weight is 231 g/mol. The standard InChI is InChI=1S/2Al.Co.Cr.2H2O.2O/h;;;;2*1H2;;/q2*+1;;;;;;/p-2. The van der Waals surface area contributed by atoms with Crippen LogP contribution in [0.5, 0.6) is 0 Å². The van der Waals surface area contributed by atoms with Gasteiger partial charge in [-0.3, -0.25) is 0 Å². The molecule has 0 fully saturated rings. The van der Waals surface area contributed by atoms with E-state index in [1.165, 1.54) is 0 Å². The molecule has 0 bridgehead atoms. The van der Waals surface area contributed by atoms with Crippen molar-refractivity contribution >= 4 is 31.0 Å². The monoisotopic (exact) mass is 231 g/mol. The van der Waals surface area contributed by atoms with Gasteiger partial charge in [-0.05, 0) is 0 Å². The van der Waals surface area contributed by atoms with Gasteiger partial charge in [0.15, 0.2) is 0 Å². The van der Waals surface area contributed by atoms with Crippen molar-refractivity contribution in [2.75, 3.05) is 0 Å². The molecule has 0 aliphatic carbocycles. The van der Waals surface area contributed by atoms with E-state index in [1.54, 1.807) is 0 Å². The van der Waals surface area contributed by atoms with E-state index in [4.69, 9.17) is 15.9 Å². The van der Waals surface area contributed by atoms with Gasteiger partial charge in [-0.15, -0.1) is 0 Å². The van der Waals surface area contributed by atoms with Crippen molar-refractivity contribution in [2.24, 2.45) is 0 Å². The van der Waals surface area contributed by atoms with Gasteiger partial charge in [0.1, 0.15) is 0 Å². The molecule has 0 aromatic heterocycles. The molecule has 8 heavy (non-hydrogen) atoms. The van der Waals surface area contributed by atoms with E-state index < -0.39 is 31.0 Å². The van der Waals surface area contributed by atoms with Crippen LogP contribution in [-0.2, 0) is 41.7 Å². The Balaban J connectivity index is -0.0000000160. The topological polar surface area (TPSA) is 74.6 Å². The van der Waals surface area contributed by atoms with Crippen molar-refractivity contribution in [3.05, 3.63) is 0 Å². The maximum absolute atomic E-state index is 8.57. The van der Waals surface area contributed by atoms with E-state index in [0.717, 1.165) is 0 Å². The molecule has 47 valence electrons. The van der Waals surface area contributed by atoms with E-state index >= 15 is 0 Å². The normalized spacial score (nSPS) is 2.00. The minimum absolute atomic E-state index is 0. The summed E-state index contributed by atoms with van der Waals surface area (Å²) < 4.78 is 31.3. The molecule has 8 heteroatoms. The van der Waals surface area contributed by atoms with Gasteiger partial charge in [0.05, 0.1) is 0 Å². The zero-order chi connectivity index (χ0) is 5.41. The van der Waals surface area contributed by atoms with Crippen molar-refractivity contribution in [2.45, 2.75) is 0 Å². The molecule has 2 N–H and O–H groups in total. The number of hydrogen-bond donors (Lipinski definition) is 2. The van der Waals surface area contributed by atoms with Gasteiger partial charge in [0.2, 0.25) is 0 Å². The molecule has 0 aromatic rings. The van der Waals surface area contributed by atoms with Crippen molar-refractivity contribution in [3.8, 4) is 0 Å². The van der Waals surface area contributed by atoms with E-state index in [2.05, 4.69) is 0 Å². The molecule has 0 spiro atoms. The Bertz CT molecular complexity index is 35.0. The number of hydrogen-bond acceptors (Lipinski definition) is 2. The molecule has 0 amide bonds. The van der Waals surface area contributed by atoms with Gasteiger partial charge in [-0.1, -0.05) is 0 Å². The summed E-state index contributed by atoms with van der Waals surface area (Å²) in [5.41, 5.74) is 0. The van der Waals surface area contributed by atoms with Gasteiger partial charge < -0.3 is 0 Å². The zero-order valence-corrected chi connectivity index (χ0v) is 8.23. The third-order valence-corrected chi connectivity index (χ3v) is 0. The Morgan fingerprint density at radius 2 is 1.00 bits per heavy atom. The molecule has 1 radical (unpaired) electrons. The van der Waals surface area contributed by atoms with Crippen LogP contribution >= 0.6 is 0 Å². The first-order valence-corrected chi connectivity index (χ1v) is 2.96. The molecule has 0 aliphatic heterocycles. The van der Waals surface area contributed by atoms with Crippen LogP contribution in [0.3, 0.4) is 0 Å². The van der Waals surface area contributed by atoms with Crippen molar-refractivity contribution in [1.82, 2.24) is 0 Å². The fourth-order valence-corrected chi connectivity index (χ4v) is 0. The summed E-state index contributed by atoms with van der Waals surface area (Å²) in [6.07, 6.45) is 0. The van der Waals surface area contributed by atoms with Crippen LogP contribution in [-0.4, -0.2) is 39.3 Å². The van der Waals surface area contributed by atoms with Gasteiger partial charge in [-0.25, -0.2) is 0 Å². The van der Waals surface area contributed by atoms with E-state index in [9.17, 15) is 0 Å². The predicted molar refractivity (Wildman–Crippen MR) is 17.3 cm³/mol. The molecule has 0 saturated carbocycles. The summed E-state index contributed by atoms with van der Waals surface area (Å²) in [7, 11) is 0. The van der Waals surface area contributed by atoms with Crippen LogP contribution in [0.4, 0.5) is 0 Å². The van der Waals surface area contributed by atoms with Crippen molar-refractivity contribution < 1.29 is 50.1 Å². The summed E-state index contributed by atoms with van der Waals surface area (Å²) in [6, 6.07) is 0. The summed E-state index contributed by atoms with van der Waals surface area (Å²) in [5.74, 6) is 0. The summed E-state index contributed by atoms with van der Waals surface area (Å²) in [5, 5.41) is 0. The molecule has 0 unspecified atom stereocenters. The molecular weight excluding hydrogens is 229 g/mol. The van der Waals surface area contributed by atoms with Gasteiger partial charge in [0, 0.05) is 34.1 Å². The van der Waals surface area contributed by atoms with Gasteiger partial charge in [-0.2, -0.15) is 0 Å². The van der Waals surface area contributed by atoms with Crippen LogP contribution in [0.2, 0.25) is 0 Å². The molecule has 4 nitrogen and oxygen atoms in total.